The SMILES string of the molecule is CCO[Si](CC)(CC)CCCOCC1CO1. The van der Waals surface area contributed by atoms with E-state index in [0.717, 1.165) is 32.8 Å². The van der Waals surface area contributed by atoms with Gasteiger partial charge in [-0.3, -0.25) is 0 Å². The topological polar surface area (TPSA) is 31.0 Å². The van der Waals surface area contributed by atoms with Crippen molar-refractivity contribution in [3.05, 3.63) is 0 Å². The van der Waals surface area contributed by atoms with E-state index in [1.807, 2.05) is 0 Å². The Hall–Kier alpha value is 0.0969. The largest absolute Gasteiger partial charge is 0.417 e. The van der Waals surface area contributed by atoms with Gasteiger partial charge in [-0.05, 0) is 31.5 Å². The molecule has 0 radical (unpaired) electrons. The third-order valence-corrected chi connectivity index (χ3v) is 8.11. The van der Waals surface area contributed by atoms with Crippen molar-refractivity contribution in [2.45, 2.75) is 51.4 Å². The summed E-state index contributed by atoms with van der Waals surface area (Å²) in [6.45, 7) is 10.0. The molecule has 16 heavy (non-hydrogen) atoms. The van der Waals surface area contributed by atoms with Crippen molar-refractivity contribution < 1.29 is 13.9 Å². The van der Waals surface area contributed by atoms with Crippen LogP contribution >= 0.6 is 0 Å². The monoisotopic (exact) mass is 246 g/mol. The lowest BCUT2D eigenvalue weighted by Gasteiger charge is -2.28. The number of hydrogen-bond donors (Lipinski definition) is 0. The molecule has 1 rings (SSSR count). The highest BCUT2D eigenvalue weighted by Gasteiger charge is 2.29. The zero-order chi connectivity index (χ0) is 11.9. The van der Waals surface area contributed by atoms with Crippen molar-refractivity contribution in [2.75, 3.05) is 26.4 Å². The Labute approximate surface area is 101 Å². The summed E-state index contributed by atoms with van der Waals surface area (Å²) in [4.78, 5) is 0. The molecule has 1 unspecified atom stereocenters. The van der Waals surface area contributed by atoms with Crippen LogP contribution in [0.25, 0.3) is 0 Å². The minimum atomic E-state index is -1.42. The number of ether oxygens (including phenoxy) is 2. The van der Waals surface area contributed by atoms with E-state index in [4.69, 9.17) is 13.9 Å². The lowest BCUT2D eigenvalue weighted by Crippen LogP contribution is -2.36. The second-order valence-corrected chi connectivity index (χ2v) is 9.03. The minimum absolute atomic E-state index is 0.395. The van der Waals surface area contributed by atoms with Crippen LogP contribution in [0.15, 0.2) is 0 Å². The van der Waals surface area contributed by atoms with Crippen LogP contribution in [0, 0.1) is 0 Å². The molecule has 1 aliphatic heterocycles. The maximum atomic E-state index is 6.03. The van der Waals surface area contributed by atoms with Gasteiger partial charge in [0.15, 0.2) is 8.32 Å². The van der Waals surface area contributed by atoms with Gasteiger partial charge in [0.25, 0.3) is 0 Å². The molecule has 0 aromatic rings. The number of rotatable bonds is 10. The molecule has 3 nitrogen and oxygen atoms in total. The summed E-state index contributed by atoms with van der Waals surface area (Å²) in [5.74, 6) is 0. The van der Waals surface area contributed by atoms with Crippen molar-refractivity contribution in [1.82, 2.24) is 0 Å². The molecule has 0 amide bonds. The van der Waals surface area contributed by atoms with E-state index in [2.05, 4.69) is 20.8 Å². The Morgan fingerprint density at radius 1 is 1.25 bits per heavy atom. The summed E-state index contributed by atoms with van der Waals surface area (Å²) >= 11 is 0. The Balaban J connectivity index is 2.09. The van der Waals surface area contributed by atoms with Crippen LogP contribution < -0.4 is 0 Å². The molecule has 1 atom stereocenters. The predicted octanol–water partition coefficient (Wildman–Crippen LogP) is 2.81. The molecule has 0 aromatic carbocycles. The first-order valence-corrected chi connectivity index (χ1v) is 9.12. The van der Waals surface area contributed by atoms with Gasteiger partial charge >= 0.3 is 0 Å². The number of hydrogen-bond acceptors (Lipinski definition) is 3. The third kappa shape index (κ3) is 4.95. The summed E-state index contributed by atoms with van der Waals surface area (Å²) in [5, 5.41) is 0. The second kappa shape index (κ2) is 7.43. The van der Waals surface area contributed by atoms with E-state index in [9.17, 15) is 0 Å². The third-order valence-electron chi connectivity index (χ3n) is 3.37. The van der Waals surface area contributed by atoms with Crippen molar-refractivity contribution >= 4 is 8.32 Å². The highest BCUT2D eigenvalue weighted by atomic mass is 28.4. The van der Waals surface area contributed by atoms with Gasteiger partial charge in [-0.2, -0.15) is 0 Å². The van der Waals surface area contributed by atoms with E-state index in [-0.39, 0.29) is 0 Å². The molecule has 0 saturated carbocycles. The van der Waals surface area contributed by atoms with E-state index in [0.29, 0.717) is 6.10 Å². The Morgan fingerprint density at radius 3 is 2.44 bits per heavy atom. The normalized spacial score (nSPS) is 20.1. The summed E-state index contributed by atoms with van der Waals surface area (Å²) in [5.41, 5.74) is 0. The molecule has 0 spiro atoms. The Kier molecular flexibility index (Phi) is 6.57. The maximum Gasteiger partial charge on any atom is 0.192 e. The van der Waals surface area contributed by atoms with Crippen LogP contribution in [0.3, 0.4) is 0 Å². The fraction of sp³-hybridized carbons (Fsp3) is 1.00. The second-order valence-electron chi connectivity index (χ2n) is 4.46. The van der Waals surface area contributed by atoms with Gasteiger partial charge in [-0.1, -0.05) is 13.8 Å². The average molecular weight is 246 g/mol. The fourth-order valence-corrected chi connectivity index (χ4v) is 5.22. The molecule has 1 heterocycles. The van der Waals surface area contributed by atoms with Crippen LogP contribution in [-0.4, -0.2) is 40.8 Å². The van der Waals surface area contributed by atoms with Crippen LogP contribution in [0.5, 0.6) is 0 Å². The standard InChI is InChI=1S/C12H26O3Si/c1-4-15-16(5-2,6-3)9-7-8-13-10-12-11-14-12/h12H,4-11H2,1-3H3. The molecular weight excluding hydrogens is 220 g/mol. The zero-order valence-corrected chi connectivity index (χ0v) is 12.0. The summed E-state index contributed by atoms with van der Waals surface area (Å²) in [6, 6.07) is 3.69. The number of epoxide rings is 1. The van der Waals surface area contributed by atoms with Gasteiger partial charge in [0.1, 0.15) is 6.10 Å². The van der Waals surface area contributed by atoms with Crippen molar-refractivity contribution in [2.24, 2.45) is 0 Å². The van der Waals surface area contributed by atoms with Crippen molar-refractivity contribution in [1.29, 1.82) is 0 Å². The molecule has 4 heteroatoms. The van der Waals surface area contributed by atoms with Crippen LogP contribution in [0.1, 0.15) is 27.2 Å². The summed E-state index contributed by atoms with van der Waals surface area (Å²) in [6.07, 6.45) is 1.53. The molecule has 0 bridgehead atoms. The van der Waals surface area contributed by atoms with E-state index >= 15 is 0 Å². The molecule has 1 aliphatic rings. The van der Waals surface area contributed by atoms with Crippen LogP contribution in [-0.2, 0) is 13.9 Å². The van der Waals surface area contributed by atoms with Gasteiger partial charge in [0.2, 0.25) is 0 Å². The van der Waals surface area contributed by atoms with Crippen LogP contribution in [0.2, 0.25) is 18.1 Å². The summed E-state index contributed by atoms with van der Waals surface area (Å²) in [7, 11) is -1.42. The van der Waals surface area contributed by atoms with Gasteiger partial charge in [0.05, 0.1) is 13.2 Å². The van der Waals surface area contributed by atoms with E-state index in [1.54, 1.807) is 0 Å². The Bertz CT molecular complexity index is 179. The fourth-order valence-electron chi connectivity index (χ4n) is 2.06. The maximum absolute atomic E-state index is 6.03. The van der Waals surface area contributed by atoms with Gasteiger partial charge in [0, 0.05) is 13.2 Å². The molecule has 0 N–H and O–H groups in total. The first kappa shape index (κ1) is 14.2. The van der Waals surface area contributed by atoms with Crippen molar-refractivity contribution in [3.8, 4) is 0 Å². The quantitative estimate of drug-likeness (QED) is 0.337. The smallest absolute Gasteiger partial charge is 0.192 e. The first-order chi connectivity index (χ1) is 7.76. The molecule has 1 fully saturated rings. The zero-order valence-electron chi connectivity index (χ0n) is 11.0. The lowest BCUT2D eigenvalue weighted by atomic mass is 10.5. The van der Waals surface area contributed by atoms with Crippen molar-refractivity contribution in [3.63, 3.8) is 0 Å². The lowest BCUT2D eigenvalue weighted by molar-refractivity contribution is 0.116. The summed E-state index contributed by atoms with van der Waals surface area (Å²) < 4.78 is 16.7. The minimum Gasteiger partial charge on any atom is -0.417 e. The molecule has 0 aromatic heterocycles. The molecule has 1 saturated heterocycles. The highest BCUT2D eigenvalue weighted by molar-refractivity contribution is 6.73. The highest BCUT2D eigenvalue weighted by Crippen LogP contribution is 2.23. The molecular formula is C12H26O3Si. The molecule has 0 aliphatic carbocycles. The van der Waals surface area contributed by atoms with Gasteiger partial charge in [-0.15, -0.1) is 0 Å². The molecule has 96 valence electrons. The van der Waals surface area contributed by atoms with Gasteiger partial charge in [-0.25, -0.2) is 0 Å². The van der Waals surface area contributed by atoms with E-state index < -0.39 is 8.32 Å². The average Bonchev–Trinajstić information content (AvgIpc) is 3.11. The van der Waals surface area contributed by atoms with E-state index in [1.165, 1.54) is 18.1 Å². The predicted molar refractivity (Wildman–Crippen MR) is 68.3 cm³/mol. The Morgan fingerprint density at radius 2 is 1.94 bits per heavy atom. The van der Waals surface area contributed by atoms with Crippen LogP contribution in [0.4, 0.5) is 0 Å². The first-order valence-electron chi connectivity index (χ1n) is 6.59. The van der Waals surface area contributed by atoms with Gasteiger partial charge < -0.3 is 13.9 Å².